The average molecular weight is 163 g/mol. The number of hydrogen-bond donors (Lipinski definition) is 2. The molecule has 0 fully saturated rings. The van der Waals surface area contributed by atoms with Crippen molar-refractivity contribution in [3.63, 3.8) is 0 Å². The third-order valence-corrected chi connectivity index (χ3v) is 1.79. The average Bonchev–Trinajstić information content (AvgIpc) is 2.49. The largest absolute Gasteiger partial charge is 0.345 e. The van der Waals surface area contributed by atoms with Gasteiger partial charge in [0.15, 0.2) is 5.65 Å². The monoisotopic (exact) mass is 163 g/mol. The summed E-state index contributed by atoms with van der Waals surface area (Å²) in [4.78, 5) is 21.3. The number of pyridine rings is 1. The second-order valence-electron chi connectivity index (χ2n) is 2.60. The minimum atomic E-state index is -0.0176. The number of H-pyrrole nitrogens is 2. The number of hydrogen-bond acceptors (Lipinski definition) is 2. The van der Waals surface area contributed by atoms with E-state index >= 15 is 0 Å². The zero-order valence-corrected chi connectivity index (χ0v) is 6.72. The highest BCUT2D eigenvalue weighted by Crippen LogP contribution is 2.02. The standard InChI is InChI=1S/C8H9N3O/c1-2-6-10-7-5(12)3-4-9-8(7)11-6/h3-4H,2H2,1H3,(H2,9,10,11,12). The molecule has 0 aliphatic heterocycles. The second-order valence-corrected chi connectivity index (χ2v) is 2.60. The van der Waals surface area contributed by atoms with Gasteiger partial charge in [-0.05, 0) is 0 Å². The van der Waals surface area contributed by atoms with Gasteiger partial charge in [-0.3, -0.25) is 4.79 Å². The summed E-state index contributed by atoms with van der Waals surface area (Å²) < 4.78 is 0. The van der Waals surface area contributed by atoms with Gasteiger partial charge >= 0.3 is 0 Å². The van der Waals surface area contributed by atoms with Gasteiger partial charge in [0.25, 0.3) is 0 Å². The van der Waals surface area contributed by atoms with E-state index < -0.39 is 0 Å². The molecule has 0 aromatic carbocycles. The van der Waals surface area contributed by atoms with Crippen LogP contribution in [0.1, 0.15) is 12.7 Å². The maximum Gasteiger partial charge on any atom is 0.207 e. The lowest BCUT2D eigenvalue weighted by Gasteiger charge is -1.82. The molecule has 0 radical (unpaired) electrons. The van der Waals surface area contributed by atoms with Crippen molar-refractivity contribution in [2.45, 2.75) is 13.3 Å². The van der Waals surface area contributed by atoms with E-state index in [1.54, 1.807) is 6.20 Å². The maximum atomic E-state index is 11.2. The van der Waals surface area contributed by atoms with Crippen LogP contribution in [-0.2, 0) is 6.42 Å². The van der Waals surface area contributed by atoms with Gasteiger partial charge < -0.3 is 9.97 Å². The number of aryl methyl sites for hydroxylation is 1. The fourth-order valence-corrected chi connectivity index (χ4v) is 1.15. The molecule has 0 amide bonds. The number of aromatic amines is 2. The Morgan fingerprint density at radius 1 is 1.58 bits per heavy atom. The molecule has 2 N–H and O–H groups in total. The zero-order chi connectivity index (χ0) is 8.55. The Morgan fingerprint density at radius 3 is 3.08 bits per heavy atom. The van der Waals surface area contributed by atoms with Crippen molar-refractivity contribution in [3.05, 3.63) is 28.3 Å². The van der Waals surface area contributed by atoms with Crippen LogP contribution in [0.25, 0.3) is 11.2 Å². The van der Waals surface area contributed by atoms with E-state index in [1.807, 2.05) is 6.92 Å². The van der Waals surface area contributed by atoms with Crippen molar-refractivity contribution >= 4 is 11.2 Å². The summed E-state index contributed by atoms with van der Waals surface area (Å²) >= 11 is 0. The Morgan fingerprint density at radius 2 is 2.42 bits per heavy atom. The minimum absolute atomic E-state index is 0.0176. The highest BCUT2D eigenvalue weighted by Gasteiger charge is 2.02. The molecule has 0 atom stereocenters. The zero-order valence-electron chi connectivity index (χ0n) is 6.72. The van der Waals surface area contributed by atoms with Crippen molar-refractivity contribution < 1.29 is 0 Å². The third kappa shape index (κ3) is 0.922. The summed E-state index contributed by atoms with van der Waals surface area (Å²) in [6, 6.07) is 1.49. The lowest BCUT2D eigenvalue weighted by Crippen LogP contribution is -1.99. The summed E-state index contributed by atoms with van der Waals surface area (Å²) in [6.07, 6.45) is 2.41. The SMILES string of the molecule is CCc1nc2[nH]ccc(=O)c2[nH]1. The fraction of sp³-hybridized carbons (Fsp3) is 0.250. The summed E-state index contributed by atoms with van der Waals surface area (Å²) in [7, 11) is 0. The van der Waals surface area contributed by atoms with Gasteiger partial charge in [0.05, 0.1) is 0 Å². The normalized spacial score (nSPS) is 10.8. The van der Waals surface area contributed by atoms with Crippen LogP contribution in [0.3, 0.4) is 0 Å². The van der Waals surface area contributed by atoms with Gasteiger partial charge in [0, 0.05) is 18.7 Å². The van der Waals surface area contributed by atoms with E-state index in [-0.39, 0.29) is 5.43 Å². The van der Waals surface area contributed by atoms with Gasteiger partial charge in [-0.1, -0.05) is 6.92 Å². The first-order valence-corrected chi connectivity index (χ1v) is 3.87. The topological polar surface area (TPSA) is 61.5 Å². The molecule has 4 nitrogen and oxygen atoms in total. The Balaban J connectivity index is 2.83. The first-order chi connectivity index (χ1) is 5.81. The molecule has 0 spiro atoms. The number of imidazole rings is 1. The number of aromatic nitrogens is 3. The van der Waals surface area contributed by atoms with E-state index in [4.69, 9.17) is 0 Å². The molecule has 0 aliphatic rings. The van der Waals surface area contributed by atoms with Crippen LogP contribution >= 0.6 is 0 Å². The first-order valence-electron chi connectivity index (χ1n) is 3.87. The fourth-order valence-electron chi connectivity index (χ4n) is 1.15. The van der Waals surface area contributed by atoms with Crippen molar-refractivity contribution in [1.29, 1.82) is 0 Å². The predicted octanol–water partition coefficient (Wildman–Crippen LogP) is 0.814. The van der Waals surface area contributed by atoms with Crippen LogP contribution < -0.4 is 5.43 Å². The van der Waals surface area contributed by atoms with E-state index in [1.165, 1.54) is 6.07 Å². The summed E-state index contributed by atoms with van der Waals surface area (Å²) in [5.41, 5.74) is 1.18. The summed E-state index contributed by atoms with van der Waals surface area (Å²) in [6.45, 7) is 1.99. The van der Waals surface area contributed by atoms with Gasteiger partial charge in [-0.2, -0.15) is 0 Å². The summed E-state index contributed by atoms with van der Waals surface area (Å²) in [5.74, 6) is 0.838. The Bertz CT molecular complexity index is 455. The number of nitrogens with zero attached hydrogens (tertiary/aromatic N) is 1. The Kier molecular flexibility index (Phi) is 1.46. The van der Waals surface area contributed by atoms with Crippen molar-refractivity contribution in [1.82, 2.24) is 15.0 Å². The Hall–Kier alpha value is -1.58. The van der Waals surface area contributed by atoms with E-state index in [2.05, 4.69) is 15.0 Å². The molecule has 2 heterocycles. The molecule has 0 bridgehead atoms. The molecular weight excluding hydrogens is 154 g/mol. The lowest BCUT2D eigenvalue weighted by molar-refractivity contribution is 0.997. The van der Waals surface area contributed by atoms with Crippen LogP contribution in [0.5, 0.6) is 0 Å². The molecule has 62 valence electrons. The molecule has 0 saturated carbocycles. The molecule has 2 rings (SSSR count). The van der Waals surface area contributed by atoms with Crippen LogP contribution in [0.15, 0.2) is 17.1 Å². The van der Waals surface area contributed by atoms with Crippen LogP contribution in [-0.4, -0.2) is 15.0 Å². The second kappa shape index (κ2) is 2.48. The lowest BCUT2D eigenvalue weighted by atomic mass is 10.4. The van der Waals surface area contributed by atoms with E-state index in [9.17, 15) is 4.79 Å². The highest BCUT2D eigenvalue weighted by molar-refractivity contribution is 5.69. The van der Waals surface area contributed by atoms with E-state index in [0.29, 0.717) is 11.2 Å². The van der Waals surface area contributed by atoms with Gasteiger partial charge in [0.2, 0.25) is 5.43 Å². The quantitative estimate of drug-likeness (QED) is 0.653. The molecule has 4 heteroatoms. The first kappa shape index (κ1) is 7.09. The maximum absolute atomic E-state index is 11.2. The molecule has 0 saturated heterocycles. The number of fused-ring (bicyclic) bond motifs is 1. The van der Waals surface area contributed by atoms with Crippen molar-refractivity contribution in [2.24, 2.45) is 0 Å². The van der Waals surface area contributed by atoms with E-state index in [0.717, 1.165) is 12.2 Å². The summed E-state index contributed by atoms with van der Waals surface area (Å²) in [5, 5.41) is 0. The number of rotatable bonds is 1. The molecular formula is C8H9N3O. The van der Waals surface area contributed by atoms with Crippen molar-refractivity contribution in [3.8, 4) is 0 Å². The van der Waals surface area contributed by atoms with Crippen molar-refractivity contribution in [2.75, 3.05) is 0 Å². The molecule has 12 heavy (non-hydrogen) atoms. The van der Waals surface area contributed by atoms with Crippen LogP contribution in [0, 0.1) is 0 Å². The Labute approximate surface area is 68.7 Å². The predicted molar refractivity (Wildman–Crippen MR) is 46.1 cm³/mol. The number of nitrogens with one attached hydrogen (secondary N) is 2. The van der Waals surface area contributed by atoms with Gasteiger partial charge in [-0.15, -0.1) is 0 Å². The molecule has 0 aliphatic carbocycles. The smallest absolute Gasteiger partial charge is 0.207 e. The molecule has 2 aromatic heterocycles. The molecule has 2 aromatic rings. The highest BCUT2D eigenvalue weighted by atomic mass is 16.1. The molecule has 0 unspecified atom stereocenters. The van der Waals surface area contributed by atoms with Crippen LogP contribution in [0.2, 0.25) is 0 Å². The third-order valence-electron chi connectivity index (χ3n) is 1.79. The minimum Gasteiger partial charge on any atom is -0.345 e. The van der Waals surface area contributed by atoms with Gasteiger partial charge in [0.1, 0.15) is 11.3 Å². The van der Waals surface area contributed by atoms with Crippen LogP contribution in [0.4, 0.5) is 0 Å². The van der Waals surface area contributed by atoms with Gasteiger partial charge in [-0.25, -0.2) is 4.98 Å².